The van der Waals surface area contributed by atoms with E-state index >= 15 is 0 Å². The van der Waals surface area contributed by atoms with Crippen LogP contribution in [0.4, 0.5) is 5.82 Å². The number of anilines is 1. The topological polar surface area (TPSA) is 29.0 Å². The summed E-state index contributed by atoms with van der Waals surface area (Å²) in [6.07, 6.45) is 5.61. The van der Waals surface area contributed by atoms with E-state index in [9.17, 15) is 0 Å². The summed E-state index contributed by atoms with van der Waals surface area (Å²) in [7, 11) is 0. The van der Waals surface area contributed by atoms with Crippen molar-refractivity contribution in [2.45, 2.75) is 43.0 Å². The number of halogens is 2. The van der Waals surface area contributed by atoms with E-state index in [1.165, 1.54) is 31.0 Å². The Morgan fingerprint density at radius 3 is 2.83 bits per heavy atom. The number of nitrogens with zero attached hydrogens (tertiary/aromatic N) is 3. The molecule has 1 fully saturated rings. The largest absolute Gasteiger partial charge is 0.355 e. The van der Waals surface area contributed by atoms with Crippen molar-refractivity contribution in [2.24, 2.45) is 5.92 Å². The molecule has 2 heterocycles. The van der Waals surface area contributed by atoms with E-state index in [0.29, 0.717) is 10.0 Å². The number of benzene rings is 1. The van der Waals surface area contributed by atoms with Gasteiger partial charge in [-0.3, -0.25) is 0 Å². The van der Waals surface area contributed by atoms with Crippen LogP contribution in [0.2, 0.25) is 10.0 Å². The van der Waals surface area contributed by atoms with Crippen molar-refractivity contribution >= 4 is 40.8 Å². The molecule has 1 unspecified atom stereocenters. The van der Waals surface area contributed by atoms with Crippen LogP contribution in [-0.2, 0) is 0 Å². The maximum absolute atomic E-state index is 6.27. The molecule has 128 valence electrons. The van der Waals surface area contributed by atoms with Gasteiger partial charge in [-0.1, -0.05) is 48.0 Å². The predicted molar refractivity (Wildman–Crippen MR) is 103 cm³/mol. The maximum atomic E-state index is 6.27. The zero-order valence-electron chi connectivity index (χ0n) is 13.9. The zero-order valence-corrected chi connectivity index (χ0v) is 16.3. The highest BCUT2D eigenvalue weighted by molar-refractivity contribution is 7.99. The number of aryl methyl sites for hydroxylation is 1. The van der Waals surface area contributed by atoms with Gasteiger partial charge in [0.2, 0.25) is 0 Å². The first-order valence-corrected chi connectivity index (χ1v) is 9.82. The first kappa shape index (κ1) is 17.8. The van der Waals surface area contributed by atoms with Gasteiger partial charge >= 0.3 is 0 Å². The van der Waals surface area contributed by atoms with Crippen molar-refractivity contribution in [2.75, 3.05) is 18.0 Å². The molecule has 1 aromatic carbocycles. The zero-order chi connectivity index (χ0) is 17.1. The van der Waals surface area contributed by atoms with Crippen molar-refractivity contribution in [3.05, 3.63) is 40.1 Å². The van der Waals surface area contributed by atoms with Gasteiger partial charge in [0.15, 0.2) is 0 Å². The SMILES string of the molecule is Cc1nc(N2CCCC(C)CC2)cnc1Sc1cccc(Cl)c1Cl. The van der Waals surface area contributed by atoms with Crippen LogP contribution >= 0.6 is 35.0 Å². The van der Waals surface area contributed by atoms with Gasteiger partial charge in [-0.2, -0.15) is 0 Å². The van der Waals surface area contributed by atoms with E-state index in [2.05, 4.69) is 16.8 Å². The van der Waals surface area contributed by atoms with Gasteiger partial charge in [0.25, 0.3) is 0 Å². The van der Waals surface area contributed by atoms with Crippen molar-refractivity contribution in [1.29, 1.82) is 0 Å². The molecule has 1 aliphatic heterocycles. The quantitative estimate of drug-likeness (QED) is 0.664. The third-order valence-corrected chi connectivity index (χ3v) is 6.44. The fraction of sp³-hybridized carbons (Fsp3) is 0.444. The van der Waals surface area contributed by atoms with E-state index in [4.69, 9.17) is 28.2 Å². The highest BCUT2D eigenvalue weighted by atomic mass is 35.5. The Morgan fingerprint density at radius 1 is 1.21 bits per heavy atom. The highest BCUT2D eigenvalue weighted by Gasteiger charge is 2.17. The Hall–Kier alpha value is -0.970. The van der Waals surface area contributed by atoms with Gasteiger partial charge in [0.1, 0.15) is 10.8 Å². The van der Waals surface area contributed by atoms with Crippen LogP contribution in [0.1, 0.15) is 31.9 Å². The third kappa shape index (κ3) is 4.16. The Kier molecular flexibility index (Phi) is 5.90. The molecule has 3 rings (SSSR count). The van der Waals surface area contributed by atoms with Gasteiger partial charge in [-0.15, -0.1) is 0 Å². The summed E-state index contributed by atoms with van der Waals surface area (Å²) >= 11 is 13.9. The van der Waals surface area contributed by atoms with Crippen LogP contribution in [-0.4, -0.2) is 23.1 Å². The minimum absolute atomic E-state index is 0.558. The first-order chi connectivity index (χ1) is 11.5. The molecular weight excluding hydrogens is 361 g/mol. The molecule has 24 heavy (non-hydrogen) atoms. The average molecular weight is 382 g/mol. The number of hydrogen-bond donors (Lipinski definition) is 0. The maximum Gasteiger partial charge on any atom is 0.147 e. The molecule has 1 aliphatic rings. The fourth-order valence-electron chi connectivity index (χ4n) is 2.87. The fourth-order valence-corrected chi connectivity index (χ4v) is 4.20. The Balaban J connectivity index is 1.78. The second-order valence-electron chi connectivity index (χ2n) is 6.30. The Bertz CT molecular complexity index is 723. The summed E-state index contributed by atoms with van der Waals surface area (Å²) in [5.41, 5.74) is 0.922. The first-order valence-electron chi connectivity index (χ1n) is 8.25. The van der Waals surface area contributed by atoms with Crippen LogP contribution in [0.5, 0.6) is 0 Å². The summed E-state index contributed by atoms with van der Waals surface area (Å²) in [4.78, 5) is 12.7. The molecule has 0 amide bonds. The summed E-state index contributed by atoms with van der Waals surface area (Å²) in [5.74, 6) is 1.77. The molecule has 3 nitrogen and oxygen atoms in total. The van der Waals surface area contributed by atoms with Crippen LogP contribution < -0.4 is 4.90 Å². The molecular formula is C18H21Cl2N3S. The third-order valence-electron chi connectivity index (χ3n) is 4.35. The van der Waals surface area contributed by atoms with Crippen molar-refractivity contribution in [1.82, 2.24) is 9.97 Å². The standard InChI is InChI=1S/C18H21Cl2N3S/c1-12-5-4-9-23(10-8-12)16-11-21-18(13(2)22-16)24-15-7-3-6-14(19)17(15)20/h3,6-7,11-12H,4-5,8-10H2,1-2H3. The van der Waals surface area contributed by atoms with Crippen LogP contribution in [0.25, 0.3) is 0 Å². The van der Waals surface area contributed by atoms with Crippen LogP contribution in [0, 0.1) is 12.8 Å². The average Bonchev–Trinajstić information content (AvgIpc) is 2.78. The van der Waals surface area contributed by atoms with E-state index in [1.807, 2.05) is 25.3 Å². The Labute approximate surface area is 157 Å². The molecule has 0 bridgehead atoms. The second kappa shape index (κ2) is 7.94. The number of rotatable bonds is 3. The van der Waals surface area contributed by atoms with Crippen molar-refractivity contribution in [3.63, 3.8) is 0 Å². The van der Waals surface area contributed by atoms with Crippen molar-refractivity contribution < 1.29 is 0 Å². The number of hydrogen-bond acceptors (Lipinski definition) is 4. The molecule has 0 saturated carbocycles. The lowest BCUT2D eigenvalue weighted by molar-refractivity contribution is 0.521. The molecule has 0 aliphatic carbocycles. The summed E-state index contributed by atoms with van der Waals surface area (Å²) < 4.78 is 0. The van der Waals surface area contributed by atoms with E-state index < -0.39 is 0 Å². The van der Waals surface area contributed by atoms with Gasteiger partial charge in [-0.25, -0.2) is 9.97 Å². The molecule has 6 heteroatoms. The van der Waals surface area contributed by atoms with E-state index in [1.54, 1.807) is 6.07 Å². The lowest BCUT2D eigenvalue weighted by Crippen LogP contribution is -2.25. The van der Waals surface area contributed by atoms with E-state index in [0.717, 1.165) is 40.4 Å². The highest BCUT2D eigenvalue weighted by Crippen LogP contribution is 2.37. The van der Waals surface area contributed by atoms with Gasteiger partial charge < -0.3 is 4.90 Å². The molecule has 0 spiro atoms. The lowest BCUT2D eigenvalue weighted by Gasteiger charge is -2.22. The second-order valence-corrected chi connectivity index (χ2v) is 8.11. The van der Waals surface area contributed by atoms with Gasteiger partial charge in [0, 0.05) is 18.0 Å². The molecule has 1 saturated heterocycles. The summed E-state index contributed by atoms with van der Waals surface area (Å²) in [6.45, 7) is 6.44. The number of aromatic nitrogens is 2. The lowest BCUT2D eigenvalue weighted by atomic mass is 10.0. The van der Waals surface area contributed by atoms with Crippen molar-refractivity contribution in [3.8, 4) is 0 Å². The molecule has 0 N–H and O–H groups in total. The monoisotopic (exact) mass is 381 g/mol. The minimum atomic E-state index is 0.558. The summed E-state index contributed by atoms with van der Waals surface area (Å²) in [6, 6.07) is 5.63. The molecule has 1 aromatic heterocycles. The Morgan fingerprint density at radius 2 is 2.04 bits per heavy atom. The van der Waals surface area contributed by atoms with Crippen LogP contribution in [0.3, 0.4) is 0 Å². The normalized spacial score (nSPS) is 18.5. The van der Waals surface area contributed by atoms with Crippen LogP contribution in [0.15, 0.2) is 34.3 Å². The summed E-state index contributed by atoms with van der Waals surface area (Å²) in [5, 5.41) is 1.99. The van der Waals surface area contributed by atoms with Gasteiger partial charge in [0.05, 0.1) is 21.9 Å². The molecule has 1 atom stereocenters. The minimum Gasteiger partial charge on any atom is -0.355 e. The van der Waals surface area contributed by atoms with Gasteiger partial charge in [-0.05, 0) is 44.2 Å². The predicted octanol–water partition coefficient (Wildman–Crippen LogP) is 5.87. The molecule has 2 aromatic rings. The van der Waals surface area contributed by atoms with E-state index in [-0.39, 0.29) is 0 Å². The smallest absolute Gasteiger partial charge is 0.147 e. The molecule has 0 radical (unpaired) electrons.